The molecule has 0 saturated carbocycles. The summed E-state index contributed by atoms with van der Waals surface area (Å²) in [7, 11) is 1.66. The molecule has 1 amide bonds. The van der Waals surface area contributed by atoms with Crippen molar-refractivity contribution in [1.29, 1.82) is 0 Å². The van der Waals surface area contributed by atoms with E-state index >= 15 is 0 Å². The second-order valence-corrected chi connectivity index (χ2v) is 6.19. The lowest BCUT2D eigenvalue weighted by Crippen LogP contribution is -2.34. The van der Waals surface area contributed by atoms with E-state index in [4.69, 9.17) is 15.3 Å². The summed E-state index contributed by atoms with van der Waals surface area (Å²) in [6, 6.07) is 15.5. The molecule has 2 aromatic rings. The second-order valence-electron chi connectivity index (χ2n) is 6.19. The van der Waals surface area contributed by atoms with Crippen molar-refractivity contribution in [2.24, 2.45) is 5.73 Å². The van der Waals surface area contributed by atoms with Crippen molar-refractivity contribution < 1.29 is 14.4 Å². The minimum absolute atomic E-state index is 0.136. The Morgan fingerprint density at radius 3 is 2.76 bits per heavy atom. The Labute approximate surface area is 148 Å². The average molecular weight is 340 g/mol. The highest BCUT2D eigenvalue weighted by Gasteiger charge is 2.29. The summed E-state index contributed by atoms with van der Waals surface area (Å²) in [5.41, 5.74) is 11.5. The van der Waals surface area contributed by atoms with E-state index in [9.17, 15) is 4.79 Å². The fourth-order valence-electron chi connectivity index (χ4n) is 3.40. The molecule has 0 aromatic heterocycles. The summed E-state index contributed by atoms with van der Waals surface area (Å²) in [6.07, 6.45) is 2.32. The van der Waals surface area contributed by atoms with Gasteiger partial charge in [0.2, 0.25) is 0 Å². The molecule has 3 rings (SSSR count). The van der Waals surface area contributed by atoms with Crippen LogP contribution in [0.25, 0.3) is 0 Å². The number of rotatable bonds is 6. The molecule has 0 heterocycles. The maximum absolute atomic E-state index is 12.7. The third kappa shape index (κ3) is 3.83. The van der Waals surface area contributed by atoms with Gasteiger partial charge >= 0.3 is 0 Å². The standard InChI is InChI=1S/C20H24N2O3/c1-24-18-12-6-9-15-16(18)10-5-11-17(15)20(23)22-25-19(13-21)14-7-3-2-4-8-14/h2-4,6-9,12,17,19H,5,10-11,13,21H2,1H3,(H,22,23)/t17-,19-/m0/s1. The Bertz CT molecular complexity index is 718. The fourth-order valence-corrected chi connectivity index (χ4v) is 3.40. The number of nitrogens with two attached hydrogens (primary N) is 1. The molecule has 0 spiro atoms. The molecule has 1 aliphatic carbocycles. The van der Waals surface area contributed by atoms with E-state index in [1.54, 1.807) is 7.11 Å². The zero-order valence-corrected chi connectivity index (χ0v) is 14.4. The first-order valence-electron chi connectivity index (χ1n) is 8.61. The van der Waals surface area contributed by atoms with Gasteiger partial charge in [0.05, 0.1) is 13.0 Å². The molecule has 132 valence electrons. The van der Waals surface area contributed by atoms with Crippen molar-refractivity contribution in [3.63, 3.8) is 0 Å². The zero-order chi connectivity index (χ0) is 17.6. The predicted molar refractivity (Wildman–Crippen MR) is 96.1 cm³/mol. The minimum Gasteiger partial charge on any atom is -0.496 e. The highest BCUT2D eigenvalue weighted by molar-refractivity contribution is 5.83. The van der Waals surface area contributed by atoms with Crippen LogP contribution < -0.4 is 16.0 Å². The molecule has 2 atom stereocenters. The topological polar surface area (TPSA) is 73.6 Å². The quantitative estimate of drug-likeness (QED) is 0.793. The van der Waals surface area contributed by atoms with Crippen LogP contribution >= 0.6 is 0 Å². The Morgan fingerprint density at radius 2 is 2.04 bits per heavy atom. The van der Waals surface area contributed by atoms with Crippen LogP contribution in [0.1, 0.15) is 41.6 Å². The number of hydrogen-bond donors (Lipinski definition) is 2. The molecule has 0 bridgehead atoms. The van der Waals surface area contributed by atoms with Crippen LogP contribution in [0.15, 0.2) is 48.5 Å². The first-order chi connectivity index (χ1) is 12.2. The van der Waals surface area contributed by atoms with E-state index in [0.717, 1.165) is 41.7 Å². The smallest absolute Gasteiger partial charge is 0.251 e. The number of carbonyl (C=O) groups excluding carboxylic acids is 1. The number of hydroxylamine groups is 1. The maximum atomic E-state index is 12.7. The molecule has 2 aromatic carbocycles. The van der Waals surface area contributed by atoms with Gasteiger partial charge in [0.25, 0.3) is 5.91 Å². The van der Waals surface area contributed by atoms with Crippen molar-refractivity contribution >= 4 is 5.91 Å². The second kappa shape index (κ2) is 8.14. The minimum atomic E-state index is -0.362. The summed E-state index contributed by atoms with van der Waals surface area (Å²) in [6.45, 7) is 0.291. The van der Waals surface area contributed by atoms with Crippen LogP contribution in [-0.4, -0.2) is 19.6 Å². The number of hydrogen-bond acceptors (Lipinski definition) is 4. The van der Waals surface area contributed by atoms with Gasteiger partial charge in [0.1, 0.15) is 11.9 Å². The first-order valence-corrected chi connectivity index (χ1v) is 8.61. The molecule has 1 aliphatic rings. The lowest BCUT2D eigenvalue weighted by molar-refractivity contribution is -0.140. The van der Waals surface area contributed by atoms with E-state index in [0.29, 0.717) is 6.54 Å². The zero-order valence-electron chi connectivity index (χ0n) is 14.4. The van der Waals surface area contributed by atoms with Gasteiger partial charge in [0.15, 0.2) is 0 Å². The number of fused-ring (bicyclic) bond motifs is 1. The summed E-state index contributed by atoms with van der Waals surface area (Å²) >= 11 is 0. The third-order valence-electron chi connectivity index (χ3n) is 4.69. The molecule has 5 nitrogen and oxygen atoms in total. The number of nitrogens with one attached hydrogen (secondary N) is 1. The van der Waals surface area contributed by atoms with Gasteiger partial charge in [-0.1, -0.05) is 42.5 Å². The van der Waals surface area contributed by atoms with Crippen LogP contribution in [0.5, 0.6) is 5.75 Å². The highest BCUT2D eigenvalue weighted by Crippen LogP contribution is 2.36. The van der Waals surface area contributed by atoms with Crippen molar-refractivity contribution in [3.05, 3.63) is 65.2 Å². The summed E-state index contributed by atoms with van der Waals surface area (Å²) in [4.78, 5) is 18.3. The third-order valence-corrected chi connectivity index (χ3v) is 4.69. The van der Waals surface area contributed by atoms with Gasteiger partial charge in [-0.15, -0.1) is 0 Å². The summed E-state index contributed by atoms with van der Waals surface area (Å²) in [5.74, 6) is 0.483. The molecular formula is C20H24N2O3. The van der Waals surface area contributed by atoms with E-state index in [2.05, 4.69) is 5.48 Å². The number of ether oxygens (including phenoxy) is 1. The van der Waals surface area contributed by atoms with E-state index in [1.165, 1.54) is 0 Å². The Hall–Kier alpha value is -2.37. The SMILES string of the molecule is COc1cccc2c1CCC[C@@H]2C(=O)NO[C@@H](CN)c1ccccc1. The van der Waals surface area contributed by atoms with Crippen LogP contribution in [0.3, 0.4) is 0 Å². The van der Waals surface area contributed by atoms with E-state index < -0.39 is 0 Å². The highest BCUT2D eigenvalue weighted by atomic mass is 16.7. The number of methoxy groups -OCH3 is 1. The number of carbonyl (C=O) groups is 1. The lowest BCUT2D eigenvalue weighted by atomic mass is 9.82. The Morgan fingerprint density at radius 1 is 1.24 bits per heavy atom. The van der Waals surface area contributed by atoms with Crippen LogP contribution in [0, 0.1) is 0 Å². The van der Waals surface area contributed by atoms with Gasteiger partial charge in [-0.25, -0.2) is 5.48 Å². The monoisotopic (exact) mass is 340 g/mol. The molecule has 0 aliphatic heterocycles. The maximum Gasteiger partial charge on any atom is 0.251 e. The number of amides is 1. The van der Waals surface area contributed by atoms with Gasteiger partial charge in [0, 0.05) is 6.54 Å². The fraction of sp³-hybridized carbons (Fsp3) is 0.350. The lowest BCUT2D eigenvalue weighted by Gasteiger charge is -2.26. The van der Waals surface area contributed by atoms with Gasteiger partial charge in [-0.3, -0.25) is 9.63 Å². The average Bonchev–Trinajstić information content (AvgIpc) is 2.68. The van der Waals surface area contributed by atoms with E-state index in [1.807, 2.05) is 48.5 Å². The van der Waals surface area contributed by atoms with Crippen molar-refractivity contribution in [3.8, 4) is 5.75 Å². The molecule has 0 unspecified atom stereocenters. The number of benzene rings is 2. The van der Waals surface area contributed by atoms with E-state index in [-0.39, 0.29) is 17.9 Å². The predicted octanol–water partition coefficient (Wildman–Crippen LogP) is 2.86. The van der Waals surface area contributed by atoms with Gasteiger partial charge in [-0.2, -0.15) is 0 Å². The normalized spacial score (nSPS) is 17.4. The molecule has 0 radical (unpaired) electrons. The van der Waals surface area contributed by atoms with Gasteiger partial charge < -0.3 is 10.5 Å². The van der Waals surface area contributed by atoms with Crippen molar-refractivity contribution in [2.75, 3.05) is 13.7 Å². The Balaban J connectivity index is 1.70. The molecular weight excluding hydrogens is 316 g/mol. The molecule has 0 saturated heterocycles. The Kier molecular flexibility index (Phi) is 5.68. The van der Waals surface area contributed by atoms with Crippen LogP contribution in [0.4, 0.5) is 0 Å². The molecule has 0 fully saturated rings. The summed E-state index contributed by atoms with van der Waals surface area (Å²) in [5, 5.41) is 0. The first kappa shape index (κ1) is 17.5. The largest absolute Gasteiger partial charge is 0.496 e. The van der Waals surface area contributed by atoms with Crippen LogP contribution in [0.2, 0.25) is 0 Å². The summed E-state index contributed by atoms with van der Waals surface area (Å²) < 4.78 is 5.43. The van der Waals surface area contributed by atoms with Crippen molar-refractivity contribution in [1.82, 2.24) is 5.48 Å². The van der Waals surface area contributed by atoms with Gasteiger partial charge in [-0.05, 0) is 42.0 Å². The molecule has 5 heteroatoms. The molecule has 3 N–H and O–H groups in total. The molecule has 25 heavy (non-hydrogen) atoms. The van der Waals surface area contributed by atoms with Crippen LogP contribution in [-0.2, 0) is 16.1 Å². The van der Waals surface area contributed by atoms with Crippen molar-refractivity contribution in [2.45, 2.75) is 31.3 Å².